The fourth-order valence-corrected chi connectivity index (χ4v) is 3.81. The van der Waals surface area contributed by atoms with Gasteiger partial charge in [-0.2, -0.15) is 0 Å². The molecule has 2 aliphatic rings. The highest BCUT2D eigenvalue weighted by atomic mass is 19.1. The van der Waals surface area contributed by atoms with Gasteiger partial charge in [0.25, 0.3) is 0 Å². The number of nitrogens with two attached hydrogens (primary N) is 1. The molecule has 3 unspecified atom stereocenters. The average molecular weight is 305 g/mol. The van der Waals surface area contributed by atoms with Crippen molar-refractivity contribution in [2.45, 2.75) is 25.4 Å². The quantitative estimate of drug-likeness (QED) is 0.916. The summed E-state index contributed by atoms with van der Waals surface area (Å²) in [6.07, 6.45) is 2.30. The van der Waals surface area contributed by atoms with Crippen LogP contribution >= 0.6 is 0 Å². The predicted octanol–water partition coefficient (Wildman–Crippen LogP) is 1.45. The second-order valence-corrected chi connectivity index (χ2v) is 6.70. The van der Waals surface area contributed by atoms with Gasteiger partial charge in [-0.3, -0.25) is 9.69 Å². The average Bonchev–Trinajstić information content (AvgIpc) is 3.03. The van der Waals surface area contributed by atoms with E-state index in [4.69, 9.17) is 5.73 Å². The van der Waals surface area contributed by atoms with Gasteiger partial charge in [0.2, 0.25) is 5.91 Å². The molecule has 4 nitrogen and oxygen atoms in total. The number of likely N-dealkylation sites (tertiary alicyclic amines) is 1. The van der Waals surface area contributed by atoms with Crippen LogP contribution in [0, 0.1) is 17.7 Å². The lowest BCUT2D eigenvalue weighted by Gasteiger charge is -2.23. The van der Waals surface area contributed by atoms with Crippen LogP contribution in [-0.2, 0) is 11.3 Å². The highest BCUT2D eigenvalue weighted by Gasteiger charge is 2.41. The number of carbonyl (C=O) groups excluding carboxylic acids is 1. The third-order valence-electron chi connectivity index (χ3n) is 5.14. The van der Waals surface area contributed by atoms with E-state index >= 15 is 0 Å². The second kappa shape index (κ2) is 6.34. The molecule has 2 fully saturated rings. The van der Waals surface area contributed by atoms with E-state index < -0.39 is 0 Å². The summed E-state index contributed by atoms with van der Waals surface area (Å²) in [4.78, 5) is 16.2. The molecule has 0 spiro atoms. The maximum absolute atomic E-state index is 13.7. The van der Waals surface area contributed by atoms with Crippen molar-refractivity contribution in [3.05, 3.63) is 35.6 Å². The number of nitrogens with zero attached hydrogens (tertiary/aromatic N) is 2. The fourth-order valence-electron chi connectivity index (χ4n) is 3.81. The van der Waals surface area contributed by atoms with Crippen molar-refractivity contribution < 1.29 is 9.18 Å². The van der Waals surface area contributed by atoms with Gasteiger partial charge in [-0.15, -0.1) is 0 Å². The maximum Gasteiger partial charge on any atom is 0.236 e. The first-order chi connectivity index (χ1) is 10.5. The Morgan fingerprint density at radius 1 is 1.36 bits per heavy atom. The lowest BCUT2D eigenvalue weighted by molar-refractivity contribution is -0.131. The first kappa shape index (κ1) is 15.4. The van der Waals surface area contributed by atoms with Crippen molar-refractivity contribution in [1.82, 2.24) is 9.80 Å². The van der Waals surface area contributed by atoms with Gasteiger partial charge < -0.3 is 10.6 Å². The summed E-state index contributed by atoms with van der Waals surface area (Å²) < 4.78 is 13.7. The van der Waals surface area contributed by atoms with E-state index in [1.54, 1.807) is 30.1 Å². The van der Waals surface area contributed by atoms with Crippen LogP contribution in [0.15, 0.2) is 24.3 Å². The van der Waals surface area contributed by atoms with E-state index in [0.29, 0.717) is 36.5 Å². The number of fused-ring (bicyclic) bond motifs is 1. The molecular formula is C17H24FN3O. The molecule has 2 N–H and O–H groups in total. The molecule has 1 aromatic rings. The van der Waals surface area contributed by atoms with Crippen LogP contribution in [0.25, 0.3) is 0 Å². The number of hydrogen-bond donors (Lipinski definition) is 1. The fraction of sp³-hybridized carbons (Fsp3) is 0.588. The number of likely N-dealkylation sites (N-methyl/N-ethyl adjacent to an activating group) is 1. The molecule has 1 saturated heterocycles. The molecule has 120 valence electrons. The summed E-state index contributed by atoms with van der Waals surface area (Å²) in [7, 11) is 1.73. The summed E-state index contributed by atoms with van der Waals surface area (Å²) in [5, 5.41) is 0. The van der Waals surface area contributed by atoms with Gasteiger partial charge in [0.05, 0.1) is 6.54 Å². The zero-order valence-corrected chi connectivity index (χ0v) is 13.0. The highest BCUT2D eigenvalue weighted by Crippen LogP contribution is 2.36. The molecule has 1 heterocycles. The standard InChI is InChI=1S/C17H24FN3O/c1-20(8-13-4-2-3-5-15(13)18)17(22)11-21-9-12-6-7-16(19)14(12)10-21/h2-5,12,14,16H,6-11,19H2,1H3. The zero-order valence-electron chi connectivity index (χ0n) is 13.0. The first-order valence-corrected chi connectivity index (χ1v) is 8.00. The Labute approximate surface area is 131 Å². The van der Waals surface area contributed by atoms with E-state index in [9.17, 15) is 9.18 Å². The minimum atomic E-state index is -0.260. The van der Waals surface area contributed by atoms with Crippen LogP contribution in [0.2, 0.25) is 0 Å². The Bertz CT molecular complexity index is 550. The number of benzene rings is 1. The topological polar surface area (TPSA) is 49.6 Å². The van der Waals surface area contributed by atoms with Crippen LogP contribution in [0.5, 0.6) is 0 Å². The minimum absolute atomic E-state index is 0.0387. The smallest absolute Gasteiger partial charge is 0.236 e. The van der Waals surface area contributed by atoms with Crippen LogP contribution in [-0.4, -0.2) is 48.4 Å². The molecule has 3 atom stereocenters. The van der Waals surface area contributed by atoms with E-state index in [1.807, 2.05) is 0 Å². The van der Waals surface area contributed by atoms with Crippen molar-refractivity contribution in [2.75, 3.05) is 26.7 Å². The summed E-state index contributed by atoms with van der Waals surface area (Å²) >= 11 is 0. The minimum Gasteiger partial charge on any atom is -0.340 e. The van der Waals surface area contributed by atoms with Crippen molar-refractivity contribution in [3.8, 4) is 0 Å². The zero-order chi connectivity index (χ0) is 15.7. The molecule has 0 radical (unpaired) electrons. The summed E-state index contributed by atoms with van der Waals surface area (Å²) in [6, 6.07) is 6.89. The van der Waals surface area contributed by atoms with Crippen LogP contribution in [0.1, 0.15) is 18.4 Å². The van der Waals surface area contributed by atoms with E-state index in [1.165, 1.54) is 12.5 Å². The number of halogens is 1. The Morgan fingerprint density at radius 3 is 2.86 bits per heavy atom. The van der Waals surface area contributed by atoms with Crippen molar-refractivity contribution >= 4 is 5.91 Å². The van der Waals surface area contributed by atoms with Crippen LogP contribution in [0.3, 0.4) is 0 Å². The summed E-state index contributed by atoms with van der Waals surface area (Å²) in [6.45, 7) is 2.61. The number of amides is 1. The molecule has 1 saturated carbocycles. The van der Waals surface area contributed by atoms with Gasteiger partial charge in [-0.1, -0.05) is 18.2 Å². The monoisotopic (exact) mass is 305 g/mol. The molecule has 1 amide bonds. The molecule has 0 aromatic heterocycles. The van der Waals surface area contributed by atoms with Gasteiger partial charge in [0, 0.05) is 38.3 Å². The van der Waals surface area contributed by atoms with Crippen molar-refractivity contribution in [1.29, 1.82) is 0 Å². The normalized spacial score (nSPS) is 27.9. The third-order valence-corrected chi connectivity index (χ3v) is 5.14. The van der Waals surface area contributed by atoms with Gasteiger partial charge in [0.1, 0.15) is 5.82 Å². The molecular weight excluding hydrogens is 281 g/mol. The number of rotatable bonds is 4. The van der Waals surface area contributed by atoms with Gasteiger partial charge in [-0.25, -0.2) is 4.39 Å². The van der Waals surface area contributed by atoms with Gasteiger partial charge in [0.15, 0.2) is 0 Å². The first-order valence-electron chi connectivity index (χ1n) is 8.00. The van der Waals surface area contributed by atoms with Gasteiger partial charge >= 0.3 is 0 Å². The van der Waals surface area contributed by atoms with Crippen LogP contribution in [0.4, 0.5) is 4.39 Å². The molecule has 3 rings (SSSR count). The SMILES string of the molecule is CN(Cc1ccccc1F)C(=O)CN1CC2CCC(N)C2C1. The van der Waals surface area contributed by atoms with Crippen LogP contribution < -0.4 is 5.73 Å². The van der Waals surface area contributed by atoms with Gasteiger partial charge in [-0.05, 0) is 30.7 Å². The second-order valence-electron chi connectivity index (χ2n) is 6.70. The highest BCUT2D eigenvalue weighted by molar-refractivity contribution is 5.78. The Balaban J connectivity index is 1.53. The molecule has 1 aromatic carbocycles. The van der Waals surface area contributed by atoms with E-state index in [0.717, 1.165) is 19.5 Å². The molecule has 1 aliphatic carbocycles. The lowest BCUT2D eigenvalue weighted by Crippen LogP contribution is -2.38. The molecule has 0 bridgehead atoms. The predicted molar refractivity (Wildman–Crippen MR) is 83.5 cm³/mol. The van der Waals surface area contributed by atoms with E-state index in [2.05, 4.69) is 4.90 Å². The maximum atomic E-state index is 13.7. The molecule has 1 aliphatic heterocycles. The Hall–Kier alpha value is -1.46. The lowest BCUT2D eigenvalue weighted by atomic mass is 9.98. The number of carbonyl (C=O) groups is 1. The van der Waals surface area contributed by atoms with Crippen molar-refractivity contribution in [3.63, 3.8) is 0 Å². The number of hydrogen-bond acceptors (Lipinski definition) is 3. The summed E-state index contributed by atoms with van der Waals surface area (Å²) in [5.41, 5.74) is 6.68. The summed E-state index contributed by atoms with van der Waals surface area (Å²) in [5.74, 6) is 0.977. The largest absolute Gasteiger partial charge is 0.340 e. The Morgan fingerprint density at radius 2 is 2.14 bits per heavy atom. The molecule has 5 heteroatoms. The third kappa shape index (κ3) is 3.15. The van der Waals surface area contributed by atoms with Crippen molar-refractivity contribution in [2.24, 2.45) is 17.6 Å². The molecule has 22 heavy (non-hydrogen) atoms. The van der Waals surface area contributed by atoms with E-state index in [-0.39, 0.29) is 11.7 Å². The Kier molecular flexibility index (Phi) is 4.45.